The van der Waals surface area contributed by atoms with Gasteiger partial charge in [-0.05, 0) is 53.6 Å². The number of hydrogen-bond acceptors (Lipinski definition) is 6. The molecule has 0 bridgehead atoms. The topological polar surface area (TPSA) is 117 Å². The van der Waals surface area contributed by atoms with Crippen molar-refractivity contribution in [3.05, 3.63) is 148 Å². The van der Waals surface area contributed by atoms with Gasteiger partial charge in [-0.1, -0.05) is 66.7 Å². The van der Waals surface area contributed by atoms with Crippen molar-refractivity contribution in [2.45, 2.75) is 0 Å². The Balaban J connectivity index is 1.46. The van der Waals surface area contributed by atoms with Crippen LogP contribution in [0.5, 0.6) is 0 Å². The molecule has 0 aliphatic carbocycles. The van der Waals surface area contributed by atoms with Gasteiger partial charge >= 0.3 is 0 Å². The molecule has 5 aromatic carbocycles. The highest BCUT2D eigenvalue weighted by Gasteiger charge is 2.21. The smallest absolute Gasteiger partial charge is 0.277 e. The molecular formula is C36H21N5O4. The first-order chi connectivity index (χ1) is 22.0. The highest BCUT2D eigenvalue weighted by atomic mass is 16.6. The molecular weight excluding hydrogens is 566 g/mol. The van der Waals surface area contributed by atoms with Crippen molar-refractivity contribution in [2.24, 2.45) is 0 Å². The van der Waals surface area contributed by atoms with Gasteiger partial charge < -0.3 is 0 Å². The third kappa shape index (κ3) is 4.17. The lowest BCUT2D eigenvalue weighted by atomic mass is 10.0. The SMILES string of the molecule is O=[N+]([O-])c1ccccc1-c1ccc2c3ccc(-c4ccccc4[N+](=O)[O-])cc3n(-c3ccc4ccc5cccnc5c4n3)c2c1. The van der Waals surface area contributed by atoms with Gasteiger partial charge in [0, 0.05) is 39.9 Å². The second-order valence-corrected chi connectivity index (χ2v) is 10.7. The number of nitro benzene ring substituents is 2. The Hall–Kier alpha value is -6.48. The minimum Gasteiger partial charge on any atom is -0.294 e. The third-order valence-corrected chi connectivity index (χ3v) is 8.24. The summed E-state index contributed by atoms with van der Waals surface area (Å²) in [4.78, 5) is 32.8. The summed E-state index contributed by atoms with van der Waals surface area (Å²) in [6.45, 7) is 0. The van der Waals surface area contributed by atoms with E-state index in [9.17, 15) is 20.2 Å². The molecule has 9 nitrogen and oxygen atoms in total. The van der Waals surface area contributed by atoms with Gasteiger partial charge in [-0.25, -0.2) is 4.98 Å². The summed E-state index contributed by atoms with van der Waals surface area (Å²) in [5, 5.41) is 27.5. The normalized spacial score (nSPS) is 11.5. The van der Waals surface area contributed by atoms with E-state index in [-0.39, 0.29) is 21.2 Å². The van der Waals surface area contributed by atoms with Crippen molar-refractivity contribution in [2.75, 3.05) is 0 Å². The predicted octanol–water partition coefficient (Wildman–Crippen LogP) is 9.03. The van der Waals surface area contributed by atoms with E-state index < -0.39 is 0 Å². The highest BCUT2D eigenvalue weighted by molar-refractivity contribution is 6.11. The molecule has 3 heterocycles. The molecule has 0 fully saturated rings. The fraction of sp³-hybridized carbons (Fsp3) is 0. The average Bonchev–Trinajstić information content (AvgIpc) is 3.40. The molecule has 0 unspecified atom stereocenters. The quantitative estimate of drug-likeness (QED) is 0.113. The maximum Gasteiger partial charge on any atom is 0.277 e. The number of nitro groups is 2. The van der Waals surface area contributed by atoms with Crippen LogP contribution in [0, 0.1) is 20.2 Å². The van der Waals surface area contributed by atoms with Crippen molar-refractivity contribution in [1.82, 2.24) is 14.5 Å². The minimum absolute atomic E-state index is 0.0135. The lowest BCUT2D eigenvalue weighted by Crippen LogP contribution is -1.99. The van der Waals surface area contributed by atoms with Crippen molar-refractivity contribution in [1.29, 1.82) is 0 Å². The highest BCUT2D eigenvalue weighted by Crippen LogP contribution is 2.40. The van der Waals surface area contributed by atoms with Crippen LogP contribution in [-0.2, 0) is 0 Å². The van der Waals surface area contributed by atoms with Crippen molar-refractivity contribution < 1.29 is 9.85 Å². The summed E-state index contributed by atoms with van der Waals surface area (Å²) in [5.74, 6) is 0.625. The van der Waals surface area contributed by atoms with E-state index in [1.807, 2.05) is 77.4 Å². The molecule has 0 spiro atoms. The van der Waals surface area contributed by atoms with E-state index in [2.05, 4.69) is 4.98 Å². The number of hydrogen-bond donors (Lipinski definition) is 0. The van der Waals surface area contributed by atoms with E-state index in [1.54, 1.807) is 42.6 Å². The summed E-state index contributed by atoms with van der Waals surface area (Å²) >= 11 is 0. The monoisotopic (exact) mass is 587 g/mol. The van der Waals surface area contributed by atoms with Gasteiger partial charge in [0.15, 0.2) is 0 Å². The number of fused-ring (bicyclic) bond motifs is 6. The molecule has 0 saturated heterocycles. The van der Waals surface area contributed by atoms with Crippen LogP contribution in [0.3, 0.4) is 0 Å². The maximum absolute atomic E-state index is 11.9. The lowest BCUT2D eigenvalue weighted by Gasteiger charge is -2.11. The molecule has 0 atom stereocenters. The number of nitrogens with zero attached hydrogens (tertiary/aromatic N) is 5. The van der Waals surface area contributed by atoms with Crippen LogP contribution in [0.25, 0.3) is 71.7 Å². The third-order valence-electron chi connectivity index (χ3n) is 8.24. The molecule has 8 aromatic rings. The minimum atomic E-state index is -0.378. The first-order valence-corrected chi connectivity index (χ1v) is 14.2. The van der Waals surface area contributed by atoms with Gasteiger partial charge in [-0.3, -0.25) is 29.8 Å². The predicted molar refractivity (Wildman–Crippen MR) is 176 cm³/mol. The van der Waals surface area contributed by atoms with Gasteiger partial charge in [-0.2, -0.15) is 0 Å². The molecule has 3 aromatic heterocycles. The Bertz CT molecular complexity index is 2410. The fourth-order valence-electron chi connectivity index (χ4n) is 6.19. The Morgan fingerprint density at radius 2 is 1.09 bits per heavy atom. The Morgan fingerprint density at radius 1 is 0.556 bits per heavy atom. The van der Waals surface area contributed by atoms with Gasteiger partial charge in [0.05, 0.1) is 43.0 Å². The van der Waals surface area contributed by atoms with Crippen molar-refractivity contribution in [3.63, 3.8) is 0 Å². The summed E-state index contributed by atoms with van der Waals surface area (Å²) in [7, 11) is 0. The van der Waals surface area contributed by atoms with Crippen LogP contribution < -0.4 is 0 Å². The van der Waals surface area contributed by atoms with Crippen LogP contribution >= 0.6 is 0 Å². The number of benzene rings is 5. The second kappa shape index (κ2) is 10.1. The zero-order valence-corrected chi connectivity index (χ0v) is 23.5. The molecule has 8 rings (SSSR count). The van der Waals surface area contributed by atoms with E-state index in [4.69, 9.17) is 4.98 Å². The van der Waals surface area contributed by atoms with E-state index in [0.29, 0.717) is 28.1 Å². The van der Waals surface area contributed by atoms with Crippen LogP contribution in [0.15, 0.2) is 128 Å². The maximum atomic E-state index is 11.9. The Kier molecular flexibility index (Phi) is 5.85. The second-order valence-electron chi connectivity index (χ2n) is 10.7. The van der Waals surface area contributed by atoms with Gasteiger partial charge in [-0.15, -0.1) is 0 Å². The van der Waals surface area contributed by atoms with Crippen LogP contribution in [0.2, 0.25) is 0 Å². The molecule has 45 heavy (non-hydrogen) atoms. The van der Waals surface area contributed by atoms with E-state index in [0.717, 1.165) is 43.6 Å². The zero-order chi connectivity index (χ0) is 30.7. The van der Waals surface area contributed by atoms with Gasteiger partial charge in [0.2, 0.25) is 0 Å². The van der Waals surface area contributed by atoms with Crippen LogP contribution in [0.1, 0.15) is 0 Å². The molecule has 9 heteroatoms. The first-order valence-electron chi connectivity index (χ1n) is 14.2. The molecule has 0 saturated carbocycles. The first kappa shape index (κ1) is 26.2. The molecule has 0 N–H and O–H groups in total. The number of para-hydroxylation sites is 2. The lowest BCUT2D eigenvalue weighted by molar-refractivity contribution is -0.384. The van der Waals surface area contributed by atoms with Gasteiger partial charge in [0.25, 0.3) is 11.4 Å². The fourth-order valence-corrected chi connectivity index (χ4v) is 6.19. The van der Waals surface area contributed by atoms with Crippen LogP contribution in [-0.4, -0.2) is 24.4 Å². The average molecular weight is 588 g/mol. The number of rotatable bonds is 5. The van der Waals surface area contributed by atoms with Gasteiger partial charge in [0.1, 0.15) is 5.82 Å². The number of aromatic nitrogens is 3. The Morgan fingerprint density at radius 3 is 1.67 bits per heavy atom. The van der Waals surface area contributed by atoms with Crippen molar-refractivity contribution >= 4 is 55.0 Å². The summed E-state index contributed by atoms with van der Waals surface area (Å²) in [5.41, 5.74) is 5.51. The van der Waals surface area contributed by atoms with Crippen molar-refractivity contribution in [3.8, 4) is 28.1 Å². The molecule has 0 aliphatic rings. The van der Waals surface area contributed by atoms with E-state index >= 15 is 0 Å². The molecule has 0 aliphatic heterocycles. The zero-order valence-electron chi connectivity index (χ0n) is 23.5. The largest absolute Gasteiger partial charge is 0.294 e. The van der Waals surface area contributed by atoms with E-state index in [1.165, 1.54) is 12.1 Å². The molecule has 214 valence electrons. The molecule has 0 radical (unpaired) electrons. The summed E-state index contributed by atoms with van der Waals surface area (Å²) in [6.07, 6.45) is 1.74. The molecule has 0 amide bonds. The standard InChI is InChI=1S/C36H21N5O4/c42-40(43)30-9-3-1-7-26(30)24-13-16-28-29-17-14-25(27-8-2-4-10-31(27)41(44)45)21-33(29)39(32(28)20-24)34-18-15-23-12-11-22-6-5-19-37-35(22)36(23)38-34/h1-21H. The number of pyridine rings is 2. The summed E-state index contributed by atoms with van der Waals surface area (Å²) in [6, 6.07) is 36.8. The Labute approximate surface area is 254 Å². The van der Waals surface area contributed by atoms with Crippen LogP contribution in [0.4, 0.5) is 11.4 Å². The summed E-state index contributed by atoms with van der Waals surface area (Å²) < 4.78 is 2.02.